The van der Waals surface area contributed by atoms with Gasteiger partial charge in [0.2, 0.25) is 5.75 Å². The Kier molecular flexibility index (Phi) is 4.74. The predicted octanol–water partition coefficient (Wildman–Crippen LogP) is 4.40. The Bertz CT molecular complexity index is 661. The zero-order chi connectivity index (χ0) is 14.7. The molecule has 1 N–H and O–H groups in total. The van der Waals surface area contributed by atoms with Crippen LogP contribution in [0.2, 0.25) is 0 Å². The molecule has 0 heterocycles. The standard InChI is InChI=1S/C13H9Br2NO4/c14-9-2-1-3-11(16(18)19)13(9)20-12-5-4-8(7-17)6-10(12)15/h1-6,17H,7H2. The van der Waals surface area contributed by atoms with Gasteiger partial charge in [0.25, 0.3) is 0 Å². The Balaban J connectivity index is 2.42. The molecule has 0 saturated heterocycles. The van der Waals surface area contributed by atoms with E-state index in [1.165, 1.54) is 6.07 Å². The van der Waals surface area contributed by atoms with Crippen LogP contribution in [0.1, 0.15) is 5.56 Å². The van der Waals surface area contributed by atoms with Crippen LogP contribution in [0, 0.1) is 10.1 Å². The summed E-state index contributed by atoms with van der Waals surface area (Å²) in [6.07, 6.45) is 0. The third-order valence-electron chi connectivity index (χ3n) is 2.53. The summed E-state index contributed by atoms with van der Waals surface area (Å²) in [6, 6.07) is 9.62. The van der Waals surface area contributed by atoms with E-state index in [4.69, 9.17) is 9.84 Å². The van der Waals surface area contributed by atoms with E-state index in [-0.39, 0.29) is 18.0 Å². The van der Waals surface area contributed by atoms with Gasteiger partial charge in [-0.1, -0.05) is 12.1 Å². The topological polar surface area (TPSA) is 72.6 Å². The van der Waals surface area contributed by atoms with Crippen LogP contribution in [0.25, 0.3) is 0 Å². The van der Waals surface area contributed by atoms with Crippen LogP contribution in [0.4, 0.5) is 5.69 Å². The second-order valence-corrected chi connectivity index (χ2v) is 5.58. The van der Waals surface area contributed by atoms with Gasteiger partial charge in [-0.15, -0.1) is 0 Å². The Morgan fingerprint density at radius 2 is 1.95 bits per heavy atom. The second-order valence-electron chi connectivity index (χ2n) is 3.87. The Morgan fingerprint density at radius 1 is 1.20 bits per heavy atom. The van der Waals surface area contributed by atoms with Gasteiger partial charge in [0.1, 0.15) is 5.75 Å². The minimum absolute atomic E-state index is 0.0892. The van der Waals surface area contributed by atoms with Crippen molar-refractivity contribution in [1.29, 1.82) is 0 Å². The molecule has 0 spiro atoms. The quantitative estimate of drug-likeness (QED) is 0.607. The van der Waals surface area contributed by atoms with Gasteiger partial charge in [0.05, 0.1) is 20.5 Å². The Labute approximate surface area is 131 Å². The maximum Gasteiger partial charge on any atom is 0.312 e. The number of ether oxygens (including phenoxy) is 1. The van der Waals surface area contributed by atoms with Crippen molar-refractivity contribution < 1.29 is 14.8 Å². The molecule has 0 aliphatic heterocycles. The number of aliphatic hydroxyl groups is 1. The van der Waals surface area contributed by atoms with Crippen LogP contribution in [0.5, 0.6) is 11.5 Å². The molecule has 0 atom stereocenters. The summed E-state index contributed by atoms with van der Waals surface area (Å²) in [5, 5.41) is 20.1. The highest BCUT2D eigenvalue weighted by Crippen LogP contribution is 2.40. The lowest BCUT2D eigenvalue weighted by Gasteiger charge is -2.10. The number of rotatable bonds is 4. The third kappa shape index (κ3) is 3.17. The minimum atomic E-state index is -0.504. The molecule has 5 nitrogen and oxygen atoms in total. The van der Waals surface area contributed by atoms with Crippen molar-refractivity contribution in [3.63, 3.8) is 0 Å². The van der Waals surface area contributed by atoms with Crippen LogP contribution in [0.15, 0.2) is 45.3 Å². The van der Waals surface area contributed by atoms with Gasteiger partial charge < -0.3 is 9.84 Å². The highest BCUT2D eigenvalue weighted by molar-refractivity contribution is 9.11. The van der Waals surface area contributed by atoms with Crippen molar-refractivity contribution >= 4 is 37.5 Å². The van der Waals surface area contributed by atoms with Gasteiger partial charge in [-0.25, -0.2) is 0 Å². The maximum absolute atomic E-state index is 11.0. The van der Waals surface area contributed by atoms with Crippen molar-refractivity contribution in [1.82, 2.24) is 0 Å². The summed E-state index contributed by atoms with van der Waals surface area (Å²) in [5.41, 5.74) is 0.586. The minimum Gasteiger partial charge on any atom is -0.448 e. The van der Waals surface area contributed by atoms with Gasteiger partial charge in [0, 0.05) is 6.07 Å². The number of benzene rings is 2. The van der Waals surface area contributed by atoms with E-state index in [0.29, 0.717) is 20.3 Å². The fourth-order valence-electron chi connectivity index (χ4n) is 1.58. The lowest BCUT2D eigenvalue weighted by Crippen LogP contribution is -1.95. The average Bonchev–Trinajstić information content (AvgIpc) is 2.42. The van der Waals surface area contributed by atoms with Crippen LogP contribution < -0.4 is 4.74 Å². The number of nitro benzene ring substituents is 1. The Morgan fingerprint density at radius 3 is 2.55 bits per heavy atom. The van der Waals surface area contributed by atoms with E-state index in [9.17, 15) is 10.1 Å². The predicted molar refractivity (Wildman–Crippen MR) is 80.9 cm³/mol. The number of aliphatic hydroxyl groups excluding tert-OH is 1. The molecule has 2 aromatic carbocycles. The van der Waals surface area contributed by atoms with Crippen molar-refractivity contribution in [3.05, 3.63) is 61.0 Å². The first kappa shape index (κ1) is 15.0. The molecule has 0 bridgehead atoms. The van der Waals surface area contributed by atoms with E-state index >= 15 is 0 Å². The van der Waals surface area contributed by atoms with Crippen LogP contribution in [0.3, 0.4) is 0 Å². The molecule has 2 rings (SSSR count). The fraction of sp³-hybridized carbons (Fsp3) is 0.0769. The lowest BCUT2D eigenvalue weighted by molar-refractivity contribution is -0.385. The highest BCUT2D eigenvalue weighted by atomic mass is 79.9. The number of halogens is 2. The molecule has 0 unspecified atom stereocenters. The molecule has 0 radical (unpaired) electrons. The first-order chi connectivity index (χ1) is 9.52. The summed E-state index contributed by atoms with van der Waals surface area (Å²) in [7, 11) is 0. The van der Waals surface area contributed by atoms with Crippen LogP contribution >= 0.6 is 31.9 Å². The molecule has 0 aliphatic rings. The first-order valence-electron chi connectivity index (χ1n) is 5.53. The molecule has 0 aliphatic carbocycles. The largest absolute Gasteiger partial charge is 0.448 e. The van der Waals surface area contributed by atoms with Gasteiger partial charge in [-0.3, -0.25) is 10.1 Å². The van der Waals surface area contributed by atoms with Crippen molar-refractivity contribution in [2.45, 2.75) is 6.61 Å². The number of nitro groups is 1. The molecule has 0 saturated carbocycles. The highest BCUT2D eigenvalue weighted by Gasteiger charge is 2.19. The molecule has 2 aromatic rings. The van der Waals surface area contributed by atoms with Crippen LogP contribution in [-0.4, -0.2) is 10.0 Å². The summed E-state index contributed by atoms with van der Waals surface area (Å²) in [5.74, 6) is 0.562. The van der Waals surface area contributed by atoms with Crippen molar-refractivity contribution in [2.24, 2.45) is 0 Å². The Hall–Kier alpha value is -1.44. The maximum atomic E-state index is 11.0. The lowest BCUT2D eigenvalue weighted by atomic mass is 10.2. The van der Waals surface area contributed by atoms with Crippen LogP contribution in [-0.2, 0) is 6.61 Å². The monoisotopic (exact) mass is 401 g/mol. The SMILES string of the molecule is O=[N+]([O-])c1cccc(Br)c1Oc1ccc(CO)cc1Br. The number of nitrogens with zero attached hydrogens (tertiary/aromatic N) is 1. The average molecular weight is 403 g/mol. The third-order valence-corrected chi connectivity index (χ3v) is 3.78. The van der Waals surface area contributed by atoms with E-state index < -0.39 is 4.92 Å². The summed E-state index contributed by atoms with van der Waals surface area (Å²) >= 11 is 6.55. The van der Waals surface area contributed by atoms with Gasteiger partial charge in [0.15, 0.2) is 0 Å². The molecule has 0 aromatic heterocycles. The molecule has 20 heavy (non-hydrogen) atoms. The van der Waals surface area contributed by atoms with Crippen molar-refractivity contribution in [2.75, 3.05) is 0 Å². The molecule has 0 amide bonds. The molecular weight excluding hydrogens is 394 g/mol. The molecule has 7 heteroatoms. The molecule has 0 fully saturated rings. The second kappa shape index (κ2) is 6.34. The number of hydrogen-bond donors (Lipinski definition) is 1. The van der Waals surface area contributed by atoms with Gasteiger partial charge >= 0.3 is 5.69 Å². The zero-order valence-corrected chi connectivity index (χ0v) is 13.2. The van der Waals surface area contributed by atoms with Crippen molar-refractivity contribution in [3.8, 4) is 11.5 Å². The number of para-hydroxylation sites is 1. The molecular formula is C13H9Br2NO4. The number of hydrogen-bond acceptors (Lipinski definition) is 4. The normalized spacial score (nSPS) is 10.3. The summed E-state index contributed by atoms with van der Waals surface area (Å²) in [6.45, 7) is -0.0892. The van der Waals surface area contributed by atoms with E-state index in [2.05, 4.69) is 31.9 Å². The van der Waals surface area contributed by atoms with E-state index in [1.54, 1.807) is 30.3 Å². The van der Waals surface area contributed by atoms with E-state index in [0.717, 1.165) is 0 Å². The molecule has 104 valence electrons. The fourth-order valence-corrected chi connectivity index (χ4v) is 2.52. The zero-order valence-electron chi connectivity index (χ0n) is 10.0. The smallest absolute Gasteiger partial charge is 0.312 e. The first-order valence-corrected chi connectivity index (χ1v) is 7.11. The van der Waals surface area contributed by atoms with E-state index in [1.807, 2.05) is 0 Å². The van der Waals surface area contributed by atoms with Gasteiger partial charge in [-0.05, 0) is 55.6 Å². The summed E-state index contributed by atoms with van der Waals surface area (Å²) < 4.78 is 6.71. The van der Waals surface area contributed by atoms with Gasteiger partial charge in [-0.2, -0.15) is 0 Å². The summed E-state index contributed by atoms with van der Waals surface area (Å²) in [4.78, 5) is 10.5.